The van der Waals surface area contributed by atoms with Gasteiger partial charge in [-0.05, 0) is 22.4 Å². The Morgan fingerprint density at radius 3 is 2.80 bits per heavy atom. The Morgan fingerprint density at radius 2 is 2.20 bits per heavy atom. The molecule has 0 fully saturated rings. The molecule has 0 aliphatic carbocycles. The smallest absolute Gasteiger partial charge is 0.305 e. The highest BCUT2D eigenvalue weighted by Crippen LogP contribution is 2.26. The highest BCUT2D eigenvalue weighted by molar-refractivity contribution is 5.67. The number of tetrazole rings is 1. The Hall–Kier alpha value is -2.38. The van der Waals surface area contributed by atoms with Gasteiger partial charge in [0.15, 0.2) is 5.82 Å². The lowest BCUT2D eigenvalue weighted by Crippen LogP contribution is -2.21. The van der Waals surface area contributed by atoms with Crippen molar-refractivity contribution in [3.05, 3.63) is 24.3 Å². The molecule has 0 spiro atoms. The lowest BCUT2D eigenvalue weighted by atomic mass is 10.0. The zero-order valence-corrected chi connectivity index (χ0v) is 11.1. The van der Waals surface area contributed by atoms with Crippen LogP contribution in [0.3, 0.4) is 0 Å². The molecule has 1 N–H and O–H groups in total. The second-order valence-corrected chi connectivity index (χ2v) is 4.75. The molecule has 7 nitrogen and oxygen atoms in total. The molecule has 0 aromatic carbocycles. The van der Waals surface area contributed by atoms with Crippen LogP contribution in [0.15, 0.2) is 18.5 Å². The topological polar surface area (TPSA) is 93.8 Å². The Kier molecular flexibility index (Phi) is 4.02. The van der Waals surface area contributed by atoms with Gasteiger partial charge in [0.1, 0.15) is 5.82 Å². The molecule has 2 rings (SSSR count). The molecule has 0 bridgehead atoms. The maximum Gasteiger partial charge on any atom is 0.305 e. The standard InChI is InChI=1S/C12H14FN5O2/c1-7(2)10(4-11(19)20)18-12(15-16-17-18)8-3-9(13)6-14-5-8/h3,5-7,10H,4H2,1-2H3,(H,19,20). The normalized spacial score (nSPS) is 12.6. The fourth-order valence-corrected chi connectivity index (χ4v) is 1.92. The van der Waals surface area contributed by atoms with E-state index in [1.54, 1.807) is 0 Å². The number of hydrogen-bond donors (Lipinski definition) is 1. The first-order valence-corrected chi connectivity index (χ1v) is 6.09. The van der Waals surface area contributed by atoms with Gasteiger partial charge in [0.05, 0.1) is 18.7 Å². The summed E-state index contributed by atoms with van der Waals surface area (Å²) in [5.74, 6) is -1.13. The molecule has 1 unspecified atom stereocenters. The quantitative estimate of drug-likeness (QED) is 0.892. The average molecular weight is 279 g/mol. The third kappa shape index (κ3) is 2.95. The van der Waals surface area contributed by atoms with E-state index in [1.807, 2.05) is 13.8 Å². The highest BCUT2D eigenvalue weighted by Gasteiger charge is 2.24. The van der Waals surface area contributed by atoms with Gasteiger partial charge in [-0.2, -0.15) is 0 Å². The van der Waals surface area contributed by atoms with Crippen LogP contribution in [0, 0.1) is 11.7 Å². The first-order valence-electron chi connectivity index (χ1n) is 6.09. The fourth-order valence-electron chi connectivity index (χ4n) is 1.92. The highest BCUT2D eigenvalue weighted by atomic mass is 19.1. The van der Waals surface area contributed by atoms with E-state index in [2.05, 4.69) is 20.5 Å². The zero-order chi connectivity index (χ0) is 14.7. The van der Waals surface area contributed by atoms with Crippen LogP contribution in [-0.2, 0) is 4.79 Å². The number of carboxylic acid groups (broad SMARTS) is 1. The lowest BCUT2D eigenvalue weighted by molar-refractivity contribution is -0.138. The van der Waals surface area contributed by atoms with E-state index in [0.717, 1.165) is 6.20 Å². The van der Waals surface area contributed by atoms with Crippen LogP contribution in [0.4, 0.5) is 4.39 Å². The van der Waals surface area contributed by atoms with Crippen molar-refractivity contribution in [1.29, 1.82) is 0 Å². The number of nitrogens with zero attached hydrogens (tertiary/aromatic N) is 5. The van der Waals surface area contributed by atoms with Crippen LogP contribution in [0.2, 0.25) is 0 Å². The van der Waals surface area contributed by atoms with Gasteiger partial charge in [-0.25, -0.2) is 9.07 Å². The minimum absolute atomic E-state index is 0.00914. The molecule has 0 aliphatic rings. The van der Waals surface area contributed by atoms with Crippen molar-refractivity contribution in [2.75, 3.05) is 0 Å². The van der Waals surface area contributed by atoms with E-state index in [4.69, 9.17) is 5.11 Å². The second-order valence-electron chi connectivity index (χ2n) is 4.75. The fraction of sp³-hybridized carbons (Fsp3) is 0.417. The molecule has 20 heavy (non-hydrogen) atoms. The number of halogens is 1. The number of aliphatic carboxylic acids is 1. The molecule has 0 radical (unpaired) electrons. The van der Waals surface area contributed by atoms with Crippen molar-refractivity contribution in [1.82, 2.24) is 25.2 Å². The Morgan fingerprint density at radius 1 is 1.45 bits per heavy atom. The van der Waals surface area contributed by atoms with Gasteiger partial charge in [0.2, 0.25) is 0 Å². The minimum Gasteiger partial charge on any atom is -0.481 e. The molecule has 2 aromatic rings. The number of carboxylic acids is 1. The number of pyridine rings is 1. The van der Waals surface area contributed by atoms with E-state index >= 15 is 0 Å². The molecular weight excluding hydrogens is 265 g/mol. The van der Waals surface area contributed by atoms with Gasteiger partial charge in [-0.15, -0.1) is 5.10 Å². The summed E-state index contributed by atoms with van der Waals surface area (Å²) < 4.78 is 14.6. The first kappa shape index (κ1) is 14.0. The van der Waals surface area contributed by atoms with E-state index in [1.165, 1.54) is 16.9 Å². The number of carbonyl (C=O) groups is 1. The van der Waals surface area contributed by atoms with Crippen molar-refractivity contribution < 1.29 is 14.3 Å². The summed E-state index contributed by atoms with van der Waals surface area (Å²) in [5.41, 5.74) is 0.408. The molecule has 0 saturated heterocycles. The Labute approximate surface area is 114 Å². The summed E-state index contributed by atoms with van der Waals surface area (Å²) in [5, 5.41) is 20.2. The summed E-state index contributed by atoms with van der Waals surface area (Å²) in [6, 6.07) is 0.841. The molecule has 0 amide bonds. The van der Waals surface area contributed by atoms with Crippen LogP contribution >= 0.6 is 0 Å². The largest absolute Gasteiger partial charge is 0.481 e. The van der Waals surface area contributed by atoms with Crippen LogP contribution in [0.1, 0.15) is 26.3 Å². The van der Waals surface area contributed by atoms with Crippen molar-refractivity contribution in [2.24, 2.45) is 5.92 Å². The van der Waals surface area contributed by atoms with Gasteiger partial charge in [0, 0.05) is 11.8 Å². The van der Waals surface area contributed by atoms with Gasteiger partial charge in [-0.1, -0.05) is 13.8 Å². The number of aromatic nitrogens is 5. The van der Waals surface area contributed by atoms with Crippen LogP contribution in [-0.4, -0.2) is 36.3 Å². The van der Waals surface area contributed by atoms with E-state index < -0.39 is 17.8 Å². The zero-order valence-electron chi connectivity index (χ0n) is 11.1. The SMILES string of the molecule is CC(C)C(CC(=O)O)n1nnnc1-c1cncc(F)c1. The molecule has 1 atom stereocenters. The van der Waals surface area contributed by atoms with Crippen molar-refractivity contribution in [3.63, 3.8) is 0 Å². The maximum atomic E-state index is 13.2. The Bertz CT molecular complexity index is 613. The summed E-state index contributed by atoms with van der Waals surface area (Å²) >= 11 is 0. The average Bonchev–Trinajstić information content (AvgIpc) is 2.84. The summed E-state index contributed by atoms with van der Waals surface area (Å²) in [4.78, 5) is 14.7. The summed E-state index contributed by atoms with van der Waals surface area (Å²) in [6.45, 7) is 3.76. The Balaban J connectivity index is 2.43. The monoisotopic (exact) mass is 279 g/mol. The molecule has 0 aliphatic heterocycles. The van der Waals surface area contributed by atoms with Crippen LogP contribution in [0.5, 0.6) is 0 Å². The minimum atomic E-state index is -0.942. The first-order chi connectivity index (χ1) is 9.49. The van der Waals surface area contributed by atoms with Crippen molar-refractivity contribution in [2.45, 2.75) is 26.3 Å². The van der Waals surface area contributed by atoms with Crippen LogP contribution < -0.4 is 0 Å². The molecule has 2 heterocycles. The molecule has 8 heteroatoms. The van der Waals surface area contributed by atoms with E-state index in [0.29, 0.717) is 11.4 Å². The van der Waals surface area contributed by atoms with Gasteiger partial charge >= 0.3 is 5.97 Å². The second kappa shape index (κ2) is 5.72. The third-order valence-corrected chi connectivity index (χ3v) is 2.92. The lowest BCUT2D eigenvalue weighted by Gasteiger charge is -2.20. The molecular formula is C12H14FN5O2. The van der Waals surface area contributed by atoms with Crippen LogP contribution in [0.25, 0.3) is 11.4 Å². The molecule has 0 saturated carbocycles. The van der Waals surface area contributed by atoms with Crippen molar-refractivity contribution >= 4 is 5.97 Å². The van der Waals surface area contributed by atoms with Gasteiger partial charge < -0.3 is 5.11 Å². The number of hydrogen-bond acceptors (Lipinski definition) is 5. The van der Waals surface area contributed by atoms with Crippen molar-refractivity contribution in [3.8, 4) is 11.4 Å². The summed E-state index contributed by atoms with van der Waals surface area (Å²) in [7, 11) is 0. The summed E-state index contributed by atoms with van der Waals surface area (Å²) in [6.07, 6.45) is 2.40. The van der Waals surface area contributed by atoms with Gasteiger partial charge in [0.25, 0.3) is 0 Å². The maximum absolute atomic E-state index is 13.2. The van der Waals surface area contributed by atoms with E-state index in [9.17, 15) is 9.18 Å². The van der Waals surface area contributed by atoms with E-state index in [-0.39, 0.29) is 12.3 Å². The van der Waals surface area contributed by atoms with Gasteiger partial charge in [-0.3, -0.25) is 9.78 Å². The predicted molar refractivity (Wildman–Crippen MR) is 67.1 cm³/mol. The predicted octanol–water partition coefficient (Wildman–Crippen LogP) is 1.55. The molecule has 106 valence electrons. The molecule has 2 aromatic heterocycles. The number of rotatable bonds is 5. The third-order valence-electron chi connectivity index (χ3n) is 2.92.